The van der Waals surface area contributed by atoms with Gasteiger partial charge in [-0.25, -0.2) is 4.99 Å². The second-order valence-electron chi connectivity index (χ2n) is 9.54. The number of aromatic nitrogens is 3. The van der Waals surface area contributed by atoms with Crippen molar-refractivity contribution in [3.05, 3.63) is 11.6 Å². The molecule has 3 aliphatic rings. The van der Waals surface area contributed by atoms with Gasteiger partial charge >= 0.3 is 0 Å². The fourth-order valence-corrected chi connectivity index (χ4v) is 5.14. The van der Waals surface area contributed by atoms with Gasteiger partial charge in [-0.05, 0) is 39.2 Å². The quantitative estimate of drug-likeness (QED) is 0.482. The molecule has 2 N–H and O–H groups in total. The molecule has 1 saturated carbocycles. The molecular weight excluding hydrogens is 404 g/mol. The summed E-state index contributed by atoms with van der Waals surface area (Å²) in [4.78, 5) is 10.1. The van der Waals surface area contributed by atoms with Gasteiger partial charge in [-0.3, -0.25) is 9.80 Å². The van der Waals surface area contributed by atoms with Crippen molar-refractivity contribution in [2.45, 2.75) is 70.5 Å². The SMILES string of the molecule is Cc1nnc(CN=C(NCCN2CCOCC2)NC2CCCN(C3CCCCC3)C2)n1C. The summed E-state index contributed by atoms with van der Waals surface area (Å²) in [5, 5.41) is 15.8. The number of aryl methyl sites for hydroxylation is 1. The van der Waals surface area contributed by atoms with Crippen LogP contribution in [0.1, 0.15) is 56.6 Å². The Morgan fingerprint density at radius 1 is 1.06 bits per heavy atom. The van der Waals surface area contributed by atoms with Crippen molar-refractivity contribution in [1.82, 2.24) is 35.2 Å². The lowest BCUT2D eigenvalue weighted by molar-refractivity contribution is 0.0389. The summed E-state index contributed by atoms with van der Waals surface area (Å²) >= 11 is 0. The van der Waals surface area contributed by atoms with Crippen molar-refractivity contribution in [2.24, 2.45) is 12.0 Å². The minimum atomic E-state index is 0.446. The molecule has 0 bridgehead atoms. The van der Waals surface area contributed by atoms with Gasteiger partial charge < -0.3 is 19.9 Å². The van der Waals surface area contributed by atoms with Gasteiger partial charge in [0.15, 0.2) is 11.8 Å². The second kappa shape index (κ2) is 12.0. The third-order valence-corrected chi connectivity index (χ3v) is 7.27. The molecule has 32 heavy (non-hydrogen) atoms. The predicted molar refractivity (Wildman–Crippen MR) is 127 cm³/mol. The first-order valence-corrected chi connectivity index (χ1v) is 12.6. The lowest BCUT2D eigenvalue weighted by atomic mass is 9.92. The number of nitrogens with zero attached hydrogens (tertiary/aromatic N) is 6. The van der Waals surface area contributed by atoms with Gasteiger partial charge in [0, 0.05) is 51.9 Å². The zero-order valence-electron chi connectivity index (χ0n) is 20.1. The van der Waals surface area contributed by atoms with E-state index >= 15 is 0 Å². The van der Waals surface area contributed by atoms with Gasteiger partial charge in [0.1, 0.15) is 12.4 Å². The molecule has 1 aliphatic carbocycles. The Bertz CT molecular complexity index is 724. The highest BCUT2D eigenvalue weighted by Crippen LogP contribution is 2.25. The minimum Gasteiger partial charge on any atom is -0.379 e. The highest BCUT2D eigenvalue weighted by Gasteiger charge is 2.27. The summed E-state index contributed by atoms with van der Waals surface area (Å²) in [6.07, 6.45) is 9.41. The van der Waals surface area contributed by atoms with E-state index in [0.717, 1.165) is 69.6 Å². The molecule has 9 heteroatoms. The van der Waals surface area contributed by atoms with Crippen LogP contribution < -0.4 is 10.6 Å². The van der Waals surface area contributed by atoms with Crippen LogP contribution in [0.2, 0.25) is 0 Å². The van der Waals surface area contributed by atoms with Crippen LogP contribution in [0.3, 0.4) is 0 Å². The lowest BCUT2D eigenvalue weighted by Gasteiger charge is -2.40. The highest BCUT2D eigenvalue weighted by molar-refractivity contribution is 5.80. The molecular formula is C23H42N8O. The van der Waals surface area contributed by atoms with Crippen molar-refractivity contribution >= 4 is 5.96 Å². The van der Waals surface area contributed by atoms with Crippen LogP contribution in [-0.4, -0.2) is 95.1 Å². The summed E-state index contributed by atoms with van der Waals surface area (Å²) in [7, 11) is 2.00. The van der Waals surface area contributed by atoms with E-state index in [9.17, 15) is 0 Å². The van der Waals surface area contributed by atoms with Gasteiger partial charge in [0.25, 0.3) is 0 Å². The first kappa shape index (κ1) is 23.4. The lowest BCUT2D eigenvalue weighted by Crippen LogP contribution is -2.54. The van der Waals surface area contributed by atoms with Crippen LogP contribution in [0.4, 0.5) is 0 Å². The van der Waals surface area contributed by atoms with E-state index in [0.29, 0.717) is 12.6 Å². The van der Waals surface area contributed by atoms with E-state index in [1.807, 2.05) is 18.5 Å². The largest absolute Gasteiger partial charge is 0.379 e. The van der Waals surface area contributed by atoms with Crippen LogP contribution in [0.25, 0.3) is 0 Å². The molecule has 0 radical (unpaired) electrons. The number of rotatable bonds is 7. The van der Waals surface area contributed by atoms with Crippen molar-refractivity contribution in [1.29, 1.82) is 0 Å². The maximum atomic E-state index is 5.47. The maximum absolute atomic E-state index is 5.47. The van der Waals surface area contributed by atoms with Crippen molar-refractivity contribution in [3.63, 3.8) is 0 Å². The first-order chi connectivity index (χ1) is 15.7. The summed E-state index contributed by atoms with van der Waals surface area (Å²) in [6, 6.07) is 1.23. The maximum Gasteiger partial charge on any atom is 0.192 e. The van der Waals surface area contributed by atoms with Crippen molar-refractivity contribution in [3.8, 4) is 0 Å². The number of piperidine rings is 1. The van der Waals surface area contributed by atoms with E-state index < -0.39 is 0 Å². The van der Waals surface area contributed by atoms with Crippen molar-refractivity contribution in [2.75, 3.05) is 52.5 Å². The summed E-state index contributed by atoms with van der Waals surface area (Å²) in [5.41, 5.74) is 0. The number of hydrogen-bond acceptors (Lipinski definition) is 6. The predicted octanol–water partition coefficient (Wildman–Crippen LogP) is 1.29. The van der Waals surface area contributed by atoms with Crippen LogP contribution in [0.5, 0.6) is 0 Å². The Hall–Kier alpha value is -1.71. The molecule has 1 unspecified atom stereocenters. The van der Waals surface area contributed by atoms with Gasteiger partial charge in [0.05, 0.1) is 13.2 Å². The highest BCUT2D eigenvalue weighted by atomic mass is 16.5. The molecule has 1 aromatic rings. The van der Waals surface area contributed by atoms with Crippen LogP contribution in [0, 0.1) is 6.92 Å². The molecule has 0 spiro atoms. The van der Waals surface area contributed by atoms with E-state index in [2.05, 4.69) is 30.6 Å². The Morgan fingerprint density at radius 3 is 2.62 bits per heavy atom. The minimum absolute atomic E-state index is 0.446. The fourth-order valence-electron chi connectivity index (χ4n) is 5.14. The monoisotopic (exact) mass is 446 g/mol. The normalized spacial score (nSPS) is 24.6. The molecule has 0 amide bonds. The number of guanidine groups is 1. The molecule has 4 rings (SSSR count). The average Bonchev–Trinajstić information content (AvgIpc) is 3.16. The molecule has 2 saturated heterocycles. The number of likely N-dealkylation sites (tertiary alicyclic amines) is 1. The third kappa shape index (κ3) is 6.65. The van der Waals surface area contributed by atoms with E-state index in [1.165, 1.54) is 51.5 Å². The number of ether oxygens (including phenoxy) is 1. The van der Waals surface area contributed by atoms with Crippen LogP contribution in [0.15, 0.2) is 4.99 Å². The van der Waals surface area contributed by atoms with E-state index in [1.54, 1.807) is 0 Å². The first-order valence-electron chi connectivity index (χ1n) is 12.6. The van der Waals surface area contributed by atoms with Crippen molar-refractivity contribution < 1.29 is 4.74 Å². The molecule has 180 valence electrons. The van der Waals surface area contributed by atoms with Gasteiger partial charge in [-0.1, -0.05) is 19.3 Å². The van der Waals surface area contributed by atoms with E-state index in [-0.39, 0.29) is 0 Å². The number of hydrogen-bond donors (Lipinski definition) is 2. The molecule has 3 heterocycles. The average molecular weight is 447 g/mol. The van der Waals surface area contributed by atoms with Crippen LogP contribution >= 0.6 is 0 Å². The molecule has 3 fully saturated rings. The topological polar surface area (TPSA) is 82.8 Å². The number of morpholine rings is 1. The number of nitrogens with one attached hydrogen (secondary N) is 2. The number of aliphatic imine (C=N–C) groups is 1. The Labute approximate surface area is 193 Å². The molecule has 1 aromatic heterocycles. The van der Waals surface area contributed by atoms with E-state index in [4.69, 9.17) is 9.73 Å². The smallest absolute Gasteiger partial charge is 0.192 e. The summed E-state index contributed by atoms with van der Waals surface area (Å²) < 4.78 is 7.48. The summed E-state index contributed by atoms with van der Waals surface area (Å²) in [5.74, 6) is 2.71. The van der Waals surface area contributed by atoms with Gasteiger partial charge in [-0.2, -0.15) is 0 Å². The fraction of sp³-hybridized carbons (Fsp3) is 0.870. The molecule has 2 aliphatic heterocycles. The molecule has 9 nitrogen and oxygen atoms in total. The van der Waals surface area contributed by atoms with Gasteiger partial charge in [0.2, 0.25) is 0 Å². The Balaban J connectivity index is 1.34. The van der Waals surface area contributed by atoms with Gasteiger partial charge in [-0.15, -0.1) is 10.2 Å². The third-order valence-electron chi connectivity index (χ3n) is 7.27. The molecule has 0 aromatic carbocycles. The zero-order chi connectivity index (χ0) is 22.2. The standard InChI is InChI=1S/C23H42N8O/c1-19-27-28-22(29(19)2)17-25-23(24-10-12-30-13-15-32-16-14-30)26-20-7-6-11-31(18-20)21-8-4-3-5-9-21/h20-21H,3-18H2,1-2H3,(H2,24,25,26). The molecule has 1 atom stereocenters. The zero-order valence-corrected chi connectivity index (χ0v) is 20.1. The Morgan fingerprint density at radius 2 is 1.88 bits per heavy atom. The Kier molecular flexibility index (Phi) is 8.76. The second-order valence-corrected chi connectivity index (χ2v) is 9.54. The van der Waals surface area contributed by atoms with Crippen LogP contribution in [-0.2, 0) is 18.3 Å². The summed E-state index contributed by atoms with van der Waals surface area (Å²) in [6.45, 7) is 10.5.